The third-order valence-electron chi connectivity index (χ3n) is 1.70. The van der Waals surface area contributed by atoms with Gasteiger partial charge in [-0.3, -0.25) is 0 Å². The highest BCUT2D eigenvalue weighted by Gasteiger charge is 1.89. The van der Waals surface area contributed by atoms with Crippen molar-refractivity contribution in [3.8, 4) is 0 Å². The van der Waals surface area contributed by atoms with Crippen LogP contribution in [0.1, 0.15) is 38.5 Å². The SMILES string of the molecule is [N-]=[N+]=NCCCCCCCCI. The van der Waals surface area contributed by atoms with Crippen LogP contribution in [0.25, 0.3) is 10.4 Å². The van der Waals surface area contributed by atoms with Gasteiger partial charge in [-0.1, -0.05) is 53.4 Å². The van der Waals surface area contributed by atoms with Crippen LogP contribution in [0.2, 0.25) is 0 Å². The van der Waals surface area contributed by atoms with Gasteiger partial charge in [0, 0.05) is 11.5 Å². The van der Waals surface area contributed by atoms with Crippen LogP contribution < -0.4 is 0 Å². The Kier molecular flexibility index (Phi) is 11.1. The molecule has 0 saturated heterocycles. The van der Waals surface area contributed by atoms with E-state index in [0.29, 0.717) is 6.54 Å². The fourth-order valence-corrected chi connectivity index (χ4v) is 1.57. The molecular formula is C8H16IN3. The summed E-state index contributed by atoms with van der Waals surface area (Å²) in [6.07, 6.45) is 7.58. The Labute approximate surface area is 87.7 Å². The van der Waals surface area contributed by atoms with E-state index in [1.54, 1.807) is 0 Å². The number of halogens is 1. The van der Waals surface area contributed by atoms with E-state index in [4.69, 9.17) is 5.53 Å². The second-order valence-corrected chi connectivity index (χ2v) is 3.84. The molecule has 12 heavy (non-hydrogen) atoms. The third-order valence-corrected chi connectivity index (χ3v) is 2.47. The number of hydrogen-bond acceptors (Lipinski definition) is 1. The molecule has 0 saturated carbocycles. The molecule has 0 aromatic heterocycles. The van der Waals surface area contributed by atoms with E-state index in [0.717, 1.165) is 6.42 Å². The van der Waals surface area contributed by atoms with Gasteiger partial charge in [0.2, 0.25) is 0 Å². The van der Waals surface area contributed by atoms with E-state index < -0.39 is 0 Å². The van der Waals surface area contributed by atoms with Gasteiger partial charge in [0.15, 0.2) is 0 Å². The highest BCUT2D eigenvalue weighted by atomic mass is 127. The molecule has 0 amide bonds. The van der Waals surface area contributed by atoms with Gasteiger partial charge in [0.25, 0.3) is 0 Å². The Morgan fingerprint density at radius 2 is 1.58 bits per heavy atom. The monoisotopic (exact) mass is 281 g/mol. The van der Waals surface area contributed by atoms with Gasteiger partial charge in [-0.15, -0.1) is 0 Å². The Hall–Kier alpha value is 0.0400. The van der Waals surface area contributed by atoms with Crippen molar-refractivity contribution in [2.24, 2.45) is 5.11 Å². The van der Waals surface area contributed by atoms with Crippen LogP contribution in [0.5, 0.6) is 0 Å². The maximum absolute atomic E-state index is 8.00. The molecule has 0 rings (SSSR count). The molecule has 0 N–H and O–H groups in total. The Morgan fingerprint density at radius 1 is 1.00 bits per heavy atom. The Bertz CT molecular complexity index is 132. The maximum atomic E-state index is 8.00. The van der Waals surface area contributed by atoms with Gasteiger partial charge in [0.05, 0.1) is 0 Å². The van der Waals surface area contributed by atoms with E-state index in [1.807, 2.05) is 0 Å². The smallest absolute Gasteiger partial charge is 0.0257 e. The second-order valence-electron chi connectivity index (χ2n) is 2.76. The van der Waals surface area contributed by atoms with E-state index in [1.165, 1.54) is 36.5 Å². The summed E-state index contributed by atoms with van der Waals surface area (Å²) >= 11 is 2.41. The highest BCUT2D eigenvalue weighted by molar-refractivity contribution is 14.1. The van der Waals surface area contributed by atoms with Gasteiger partial charge < -0.3 is 0 Å². The lowest BCUT2D eigenvalue weighted by Crippen LogP contribution is -1.82. The number of nitrogens with zero attached hydrogens (tertiary/aromatic N) is 3. The van der Waals surface area contributed by atoms with Gasteiger partial charge in [-0.2, -0.15) is 0 Å². The van der Waals surface area contributed by atoms with Crippen molar-refractivity contribution in [3.63, 3.8) is 0 Å². The fraction of sp³-hybridized carbons (Fsp3) is 1.00. The molecule has 0 unspecified atom stereocenters. The Morgan fingerprint density at radius 3 is 2.17 bits per heavy atom. The molecular weight excluding hydrogens is 265 g/mol. The molecule has 0 aromatic carbocycles. The first-order valence-corrected chi connectivity index (χ1v) is 6.01. The molecule has 3 nitrogen and oxygen atoms in total. The largest absolute Gasteiger partial charge is 0.0940 e. The Balaban J connectivity index is 2.86. The normalized spacial score (nSPS) is 9.42. The van der Waals surface area contributed by atoms with Crippen LogP contribution in [0.3, 0.4) is 0 Å². The van der Waals surface area contributed by atoms with Crippen LogP contribution in [0, 0.1) is 0 Å². The number of azide groups is 1. The van der Waals surface area contributed by atoms with Crippen molar-refractivity contribution in [3.05, 3.63) is 10.4 Å². The van der Waals surface area contributed by atoms with Gasteiger partial charge >= 0.3 is 0 Å². The predicted molar refractivity (Wildman–Crippen MR) is 60.6 cm³/mol. The zero-order valence-corrected chi connectivity index (χ0v) is 9.53. The van der Waals surface area contributed by atoms with Crippen LogP contribution in [-0.4, -0.2) is 11.0 Å². The van der Waals surface area contributed by atoms with E-state index in [-0.39, 0.29) is 0 Å². The summed E-state index contributed by atoms with van der Waals surface area (Å²) in [5, 5.41) is 3.49. The maximum Gasteiger partial charge on any atom is 0.0257 e. The molecule has 0 spiro atoms. The number of unbranched alkanes of at least 4 members (excludes halogenated alkanes) is 5. The summed E-state index contributed by atoms with van der Waals surface area (Å²) in [6.45, 7) is 0.669. The summed E-state index contributed by atoms with van der Waals surface area (Å²) in [7, 11) is 0. The van der Waals surface area contributed by atoms with Gasteiger partial charge in [-0.25, -0.2) is 0 Å². The first-order valence-electron chi connectivity index (χ1n) is 4.48. The number of alkyl halides is 1. The first kappa shape index (κ1) is 12.0. The molecule has 0 fully saturated rings. The average molecular weight is 281 g/mol. The van der Waals surface area contributed by atoms with Crippen molar-refractivity contribution < 1.29 is 0 Å². The molecule has 70 valence electrons. The van der Waals surface area contributed by atoms with Crippen molar-refractivity contribution in [1.29, 1.82) is 0 Å². The predicted octanol–water partition coefficient (Wildman–Crippen LogP) is 4.07. The first-order chi connectivity index (χ1) is 5.91. The van der Waals surface area contributed by atoms with Gasteiger partial charge in [0.1, 0.15) is 0 Å². The molecule has 0 heterocycles. The minimum atomic E-state index is 0.669. The van der Waals surface area contributed by atoms with Crippen molar-refractivity contribution in [1.82, 2.24) is 0 Å². The molecule has 0 aliphatic carbocycles. The lowest BCUT2D eigenvalue weighted by molar-refractivity contribution is 0.615. The quantitative estimate of drug-likeness (QED) is 0.161. The number of rotatable bonds is 8. The van der Waals surface area contributed by atoms with Crippen molar-refractivity contribution in [2.75, 3.05) is 11.0 Å². The van der Waals surface area contributed by atoms with Crippen LogP contribution >= 0.6 is 22.6 Å². The van der Waals surface area contributed by atoms with Gasteiger partial charge in [-0.05, 0) is 22.8 Å². The molecule has 0 aliphatic rings. The van der Waals surface area contributed by atoms with E-state index >= 15 is 0 Å². The van der Waals surface area contributed by atoms with Crippen LogP contribution in [-0.2, 0) is 0 Å². The lowest BCUT2D eigenvalue weighted by Gasteiger charge is -1.97. The molecule has 0 atom stereocenters. The minimum absolute atomic E-state index is 0.669. The average Bonchev–Trinajstić information content (AvgIpc) is 2.10. The summed E-state index contributed by atoms with van der Waals surface area (Å²) in [6, 6.07) is 0. The number of hydrogen-bond donors (Lipinski definition) is 0. The zero-order chi connectivity index (χ0) is 9.07. The van der Waals surface area contributed by atoms with E-state index in [2.05, 4.69) is 32.6 Å². The molecule has 0 aliphatic heterocycles. The van der Waals surface area contributed by atoms with E-state index in [9.17, 15) is 0 Å². The molecule has 0 aromatic rings. The van der Waals surface area contributed by atoms with Crippen LogP contribution in [0.4, 0.5) is 0 Å². The minimum Gasteiger partial charge on any atom is -0.0940 e. The lowest BCUT2D eigenvalue weighted by atomic mass is 10.1. The summed E-state index contributed by atoms with van der Waals surface area (Å²) < 4.78 is 1.27. The summed E-state index contributed by atoms with van der Waals surface area (Å²) in [5.41, 5.74) is 8.00. The van der Waals surface area contributed by atoms with Crippen molar-refractivity contribution in [2.45, 2.75) is 38.5 Å². The molecule has 0 radical (unpaired) electrons. The summed E-state index contributed by atoms with van der Waals surface area (Å²) in [4.78, 5) is 2.71. The fourth-order valence-electron chi connectivity index (χ4n) is 1.03. The highest BCUT2D eigenvalue weighted by Crippen LogP contribution is 2.06. The van der Waals surface area contributed by atoms with Crippen LogP contribution in [0.15, 0.2) is 5.11 Å². The summed E-state index contributed by atoms with van der Waals surface area (Å²) in [5.74, 6) is 0. The third kappa shape index (κ3) is 10.0. The molecule has 4 heteroatoms. The zero-order valence-electron chi connectivity index (χ0n) is 7.38. The molecule has 0 bridgehead atoms. The topological polar surface area (TPSA) is 48.8 Å². The van der Waals surface area contributed by atoms with Crippen molar-refractivity contribution >= 4 is 22.6 Å². The second kappa shape index (κ2) is 11.0. The standard InChI is InChI=1S/C8H16IN3/c9-7-5-3-1-2-4-6-8-11-12-10/h1-8H2.